The number of para-hydroxylation sites is 2. The first-order valence-electron chi connectivity index (χ1n) is 7.40. The van der Waals surface area contributed by atoms with Crippen LogP contribution < -0.4 is 10.1 Å². The Bertz CT molecular complexity index is 747. The van der Waals surface area contributed by atoms with E-state index in [1.165, 1.54) is 5.56 Å². The molecule has 3 aromatic rings. The molecule has 22 heavy (non-hydrogen) atoms. The van der Waals surface area contributed by atoms with E-state index in [9.17, 15) is 0 Å². The number of hydrogen-bond donors (Lipinski definition) is 1. The Hall–Kier alpha value is -2.33. The topological polar surface area (TPSA) is 47.3 Å². The molecule has 4 heteroatoms. The molecule has 1 atom stereocenters. The highest BCUT2D eigenvalue weighted by Crippen LogP contribution is 2.26. The second-order valence-electron chi connectivity index (χ2n) is 5.42. The molecule has 0 spiro atoms. The van der Waals surface area contributed by atoms with Crippen LogP contribution in [-0.2, 0) is 6.54 Å². The summed E-state index contributed by atoms with van der Waals surface area (Å²) in [6, 6.07) is 14.1. The summed E-state index contributed by atoms with van der Waals surface area (Å²) in [5.41, 5.74) is 4.06. The Labute approximate surface area is 130 Å². The van der Waals surface area contributed by atoms with Crippen LogP contribution in [-0.4, -0.2) is 12.1 Å². The van der Waals surface area contributed by atoms with E-state index in [1.807, 2.05) is 30.3 Å². The van der Waals surface area contributed by atoms with Crippen LogP contribution in [0.2, 0.25) is 0 Å². The molecule has 1 heterocycles. The summed E-state index contributed by atoms with van der Waals surface area (Å²) < 4.78 is 11.2. The number of ether oxygens (including phenoxy) is 1. The van der Waals surface area contributed by atoms with Gasteiger partial charge in [-0.15, -0.1) is 0 Å². The smallest absolute Gasteiger partial charge is 0.209 e. The number of nitrogens with zero attached hydrogens (tertiary/aromatic N) is 1. The summed E-state index contributed by atoms with van der Waals surface area (Å²) in [7, 11) is 1.70. The molecule has 0 saturated heterocycles. The van der Waals surface area contributed by atoms with Gasteiger partial charge in [0.15, 0.2) is 5.58 Å². The molecular weight excluding hydrogens is 276 g/mol. The summed E-state index contributed by atoms with van der Waals surface area (Å²) in [5.74, 6) is 1.59. The van der Waals surface area contributed by atoms with Gasteiger partial charge >= 0.3 is 0 Å². The van der Waals surface area contributed by atoms with Crippen LogP contribution in [0.5, 0.6) is 5.75 Å². The average Bonchev–Trinajstić information content (AvgIpc) is 2.95. The van der Waals surface area contributed by atoms with E-state index in [0.29, 0.717) is 12.4 Å². The maximum Gasteiger partial charge on any atom is 0.209 e. The van der Waals surface area contributed by atoms with Crippen LogP contribution >= 0.6 is 0 Å². The van der Waals surface area contributed by atoms with Crippen molar-refractivity contribution in [3.05, 3.63) is 59.5 Å². The number of aromatic nitrogens is 1. The largest absolute Gasteiger partial charge is 0.496 e. The van der Waals surface area contributed by atoms with Gasteiger partial charge in [-0.3, -0.25) is 0 Å². The van der Waals surface area contributed by atoms with Gasteiger partial charge in [0.25, 0.3) is 0 Å². The van der Waals surface area contributed by atoms with Gasteiger partial charge in [-0.05, 0) is 32.0 Å². The molecule has 0 aliphatic rings. The normalized spacial score (nSPS) is 12.5. The van der Waals surface area contributed by atoms with Crippen LogP contribution in [0.3, 0.4) is 0 Å². The fourth-order valence-corrected chi connectivity index (χ4v) is 2.54. The van der Waals surface area contributed by atoms with Crippen molar-refractivity contribution in [1.82, 2.24) is 10.3 Å². The van der Waals surface area contributed by atoms with Crippen LogP contribution in [0.4, 0.5) is 0 Å². The third-order valence-corrected chi connectivity index (χ3v) is 3.75. The number of hydrogen-bond acceptors (Lipinski definition) is 4. The van der Waals surface area contributed by atoms with Crippen molar-refractivity contribution < 1.29 is 9.15 Å². The van der Waals surface area contributed by atoms with Gasteiger partial charge in [0, 0.05) is 11.6 Å². The van der Waals surface area contributed by atoms with E-state index in [1.54, 1.807) is 7.11 Å². The zero-order chi connectivity index (χ0) is 15.5. The molecule has 0 amide bonds. The van der Waals surface area contributed by atoms with Crippen molar-refractivity contribution in [2.45, 2.75) is 26.4 Å². The van der Waals surface area contributed by atoms with Gasteiger partial charge in [0.05, 0.1) is 13.7 Å². The van der Waals surface area contributed by atoms with Crippen LogP contribution in [0.15, 0.2) is 46.9 Å². The number of rotatable bonds is 5. The van der Waals surface area contributed by atoms with Gasteiger partial charge in [-0.25, -0.2) is 4.98 Å². The number of oxazole rings is 1. The predicted molar refractivity (Wildman–Crippen MR) is 87.0 cm³/mol. The molecule has 0 aliphatic heterocycles. The molecule has 0 fully saturated rings. The molecule has 0 bridgehead atoms. The summed E-state index contributed by atoms with van der Waals surface area (Å²) in [5, 5.41) is 3.44. The molecular formula is C18H20N2O2. The summed E-state index contributed by atoms with van der Waals surface area (Å²) in [4.78, 5) is 4.48. The number of methoxy groups -OCH3 is 1. The molecule has 2 aromatic carbocycles. The van der Waals surface area contributed by atoms with Gasteiger partial charge < -0.3 is 14.5 Å². The van der Waals surface area contributed by atoms with Crippen LogP contribution in [0, 0.1) is 6.92 Å². The van der Waals surface area contributed by atoms with E-state index in [-0.39, 0.29) is 6.04 Å². The first kappa shape index (κ1) is 14.6. The Morgan fingerprint density at radius 1 is 1.23 bits per heavy atom. The van der Waals surface area contributed by atoms with Gasteiger partial charge in [-0.2, -0.15) is 0 Å². The highest BCUT2D eigenvalue weighted by atomic mass is 16.5. The van der Waals surface area contributed by atoms with Crippen molar-refractivity contribution in [3.8, 4) is 5.75 Å². The summed E-state index contributed by atoms with van der Waals surface area (Å²) >= 11 is 0. The van der Waals surface area contributed by atoms with Crippen molar-refractivity contribution in [1.29, 1.82) is 0 Å². The monoisotopic (exact) mass is 296 g/mol. The molecule has 0 saturated carbocycles. The zero-order valence-electron chi connectivity index (χ0n) is 13.1. The summed E-state index contributed by atoms with van der Waals surface area (Å²) in [6.07, 6.45) is 0. The maximum absolute atomic E-state index is 5.73. The lowest BCUT2D eigenvalue weighted by Crippen LogP contribution is -2.19. The second-order valence-corrected chi connectivity index (χ2v) is 5.42. The SMILES string of the molecule is COc1ccc(C)cc1[C@H](C)NCc1nc2ccccc2o1. The zero-order valence-corrected chi connectivity index (χ0v) is 13.1. The average molecular weight is 296 g/mol. The third kappa shape index (κ3) is 2.97. The van der Waals surface area contributed by atoms with Crippen molar-refractivity contribution in [2.24, 2.45) is 0 Å². The standard InChI is InChI=1S/C18H20N2O2/c1-12-8-9-16(21-3)14(10-12)13(2)19-11-18-20-15-6-4-5-7-17(15)22-18/h4-10,13,19H,11H2,1-3H3/t13-/m0/s1. The van der Waals surface area contributed by atoms with Crippen molar-refractivity contribution in [2.75, 3.05) is 7.11 Å². The van der Waals surface area contributed by atoms with E-state index in [4.69, 9.17) is 9.15 Å². The van der Waals surface area contributed by atoms with E-state index in [2.05, 4.69) is 36.3 Å². The second kappa shape index (κ2) is 6.20. The molecule has 1 aromatic heterocycles. The van der Waals surface area contributed by atoms with Gasteiger partial charge in [0.1, 0.15) is 11.3 Å². The number of nitrogens with one attached hydrogen (secondary N) is 1. The Balaban J connectivity index is 1.74. The third-order valence-electron chi connectivity index (χ3n) is 3.75. The quantitative estimate of drug-likeness (QED) is 0.773. The lowest BCUT2D eigenvalue weighted by atomic mass is 10.0. The molecule has 0 unspecified atom stereocenters. The Morgan fingerprint density at radius 3 is 2.82 bits per heavy atom. The molecule has 1 N–H and O–H groups in total. The minimum atomic E-state index is 0.143. The van der Waals surface area contributed by atoms with E-state index < -0.39 is 0 Å². The van der Waals surface area contributed by atoms with Crippen LogP contribution in [0.25, 0.3) is 11.1 Å². The molecule has 4 nitrogen and oxygen atoms in total. The van der Waals surface area contributed by atoms with E-state index >= 15 is 0 Å². The van der Waals surface area contributed by atoms with Crippen molar-refractivity contribution >= 4 is 11.1 Å². The van der Waals surface area contributed by atoms with Crippen LogP contribution in [0.1, 0.15) is 30.0 Å². The molecule has 0 radical (unpaired) electrons. The van der Waals surface area contributed by atoms with E-state index in [0.717, 1.165) is 22.4 Å². The number of aryl methyl sites for hydroxylation is 1. The lowest BCUT2D eigenvalue weighted by molar-refractivity contribution is 0.397. The lowest BCUT2D eigenvalue weighted by Gasteiger charge is -2.17. The highest BCUT2D eigenvalue weighted by molar-refractivity contribution is 5.72. The van der Waals surface area contributed by atoms with Gasteiger partial charge in [-0.1, -0.05) is 29.8 Å². The van der Waals surface area contributed by atoms with Crippen molar-refractivity contribution in [3.63, 3.8) is 0 Å². The minimum Gasteiger partial charge on any atom is -0.496 e. The Morgan fingerprint density at radius 2 is 2.05 bits per heavy atom. The first-order valence-corrected chi connectivity index (χ1v) is 7.40. The number of fused-ring (bicyclic) bond motifs is 1. The maximum atomic E-state index is 5.73. The number of benzene rings is 2. The fourth-order valence-electron chi connectivity index (χ4n) is 2.54. The minimum absolute atomic E-state index is 0.143. The highest BCUT2D eigenvalue weighted by Gasteiger charge is 2.13. The molecule has 3 rings (SSSR count). The Kier molecular flexibility index (Phi) is 4.11. The predicted octanol–water partition coefficient (Wildman–Crippen LogP) is 4.00. The fraction of sp³-hybridized carbons (Fsp3) is 0.278. The first-order chi connectivity index (χ1) is 10.7. The summed E-state index contributed by atoms with van der Waals surface area (Å²) in [6.45, 7) is 4.77. The molecule has 0 aliphatic carbocycles. The van der Waals surface area contributed by atoms with Gasteiger partial charge in [0.2, 0.25) is 5.89 Å². The molecule has 114 valence electrons.